The molecule has 0 unspecified atom stereocenters. The summed E-state index contributed by atoms with van der Waals surface area (Å²) < 4.78 is 2.14. The van der Waals surface area contributed by atoms with Crippen LogP contribution < -0.4 is 10.7 Å². The highest BCUT2D eigenvalue weighted by molar-refractivity contribution is 5.48. The summed E-state index contributed by atoms with van der Waals surface area (Å²) in [4.78, 5) is 12.2. The molecule has 0 bridgehead atoms. The summed E-state index contributed by atoms with van der Waals surface area (Å²) in [6.45, 7) is 9.96. The van der Waals surface area contributed by atoms with Crippen LogP contribution in [-0.4, -0.2) is 11.1 Å². The Morgan fingerprint density at radius 3 is 2.45 bits per heavy atom. The van der Waals surface area contributed by atoms with Gasteiger partial charge in [0.1, 0.15) is 0 Å². The van der Waals surface area contributed by atoms with Crippen LogP contribution in [0, 0.1) is 20.8 Å². The van der Waals surface area contributed by atoms with Gasteiger partial charge in [0.15, 0.2) is 5.43 Å². The van der Waals surface area contributed by atoms with Crippen LogP contribution >= 0.6 is 0 Å². The first kappa shape index (κ1) is 16.5. The van der Waals surface area contributed by atoms with Crippen LogP contribution in [0.2, 0.25) is 0 Å². The molecule has 0 aliphatic rings. The van der Waals surface area contributed by atoms with Crippen LogP contribution in [0.15, 0.2) is 35.3 Å². The first-order chi connectivity index (χ1) is 10.5. The van der Waals surface area contributed by atoms with E-state index in [9.17, 15) is 4.79 Å². The maximum Gasteiger partial charge on any atom is 0.186 e. The fourth-order valence-corrected chi connectivity index (χ4v) is 2.76. The normalized spacial score (nSPS) is 10.9. The van der Waals surface area contributed by atoms with E-state index >= 15 is 0 Å². The lowest BCUT2D eigenvalue weighted by atomic mass is 10.1. The van der Waals surface area contributed by atoms with E-state index in [1.54, 1.807) is 6.07 Å². The van der Waals surface area contributed by atoms with E-state index in [4.69, 9.17) is 0 Å². The minimum absolute atomic E-state index is 0.115. The molecule has 2 aromatic rings. The van der Waals surface area contributed by atoms with Crippen LogP contribution in [0.1, 0.15) is 42.1 Å². The first-order valence-corrected chi connectivity index (χ1v) is 8.04. The number of rotatable bonds is 6. The number of nitrogens with one attached hydrogen (secondary N) is 1. The number of unbranched alkanes of at least 4 members (excludes halogenated alkanes) is 1. The summed E-state index contributed by atoms with van der Waals surface area (Å²) in [6.07, 6.45) is 4.29. The molecule has 0 atom stereocenters. The average molecular weight is 298 g/mol. The second-order valence-electron chi connectivity index (χ2n) is 5.95. The SMILES string of the molecule is CCCCNCc1cn(-c2c(C)cccc2C)c(C)cc1=O. The molecular weight excluding hydrogens is 272 g/mol. The third-order valence-corrected chi connectivity index (χ3v) is 4.02. The van der Waals surface area contributed by atoms with E-state index < -0.39 is 0 Å². The number of aryl methyl sites for hydroxylation is 3. The molecule has 0 aliphatic heterocycles. The second-order valence-corrected chi connectivity index (χ2v) is 5.95. The molecule has 1 heterocycles. The van der Waals surface area contributed by atoms with Gasteiger partial charge in [0.2, 0.25) is 0 Å². The molecule has 0 saturated heterocycles. The van der Waals surface area contributed by atoms with Gasteiger partial charge < -0.3 is 9.88 Å². The standard InChI is InChI=1S/C19H26N2O/c1-5-6-10-20-12-17-13-21(16(4)11-18(17)22)19-14(2)8-7-9-15(19)3/h7-9,11,13,20H,5-6,10,12H2,1-4H3. The van der Waals surface area contributed by atoms with Crippen molar-refractivity contribution in [2.75, 3.05) is 6.54 Å². The van der Waals surface area contributed by atoms with Crippen LogP contribution in [0.4, 0.5) is 0 Å². The fraction of sp³-hybridized carbons (Fsp3) is 0.421. The Kier molecular flexibility index (Phi) is 5.56. The van der Waals surface area contributed by atoms with Gasteiger partial charge >= 0.3 is 0 Å². The Bertz CT molecular complexity index is 681. The number of aromatic nitrogens is 1. The Balaban J connectivity index is 2.38. The van der Waals surface area contributed by atoms with Gasteiger partial charge in [-0.15, -0.1) is 0 Å². The largest absolute Gasteiger partial charge is 0.320 e. The fourth-order valence-electron chi connectivity index (χ4n) is 2.76. The van der Waals surface area contributed by atoms with Crippen molar-refractivity contribution in [3.63, 3.8) is 0 Å². The molecule has 118 valence electrons. The number of para-hydroxylation sites is 1. The topological polar surface area (TPSA) is 34.0 Å². The molecule has 0 fully saturated rings. The monoisotopic (exact) mass is 298 g/mol. The minimum atomic E-state index is 0.115. The molecule has 0 radical (unpaired) electrons. The zero-order valence-corrected chi connectivity index (χ0v) is 14.1. The van der Waals surface area contributed by atoms with Gasteiger partial charge in [-0.1, -0.05) is 31.5 Å². The molecule has 0 spiro atoms. The van der Waals surface area contributed by atoms with Crippen molar-refractivity contribution in [2.24, 2.45) is 0 Å². The summed E-state index contributed by atoms with van der Waals surface area (Å²) in [7, 11) is 0. The predicted octanol–water partition coefficient (Wildman–Crippen LogP) is 3.65. The van der Waals surface area contributed by atoms with E-state index in [0.717, 1.165) is 30.6 Å². The number of nitrogens with zero attached hydrogens (tertiary/aromatic N) is 1. The molecule has 1 N–H and O–H groups in total. The summed E-state index contributed by atoms with van der Waals surface area (Å²) in [5.74, 6) is 0. The highest BCUT2D eigenvalue weighted by atomic mass is 16.1. The van der Waals surface area contributed by atoms with Crippen LogP contribution in [0.3, 0.4) is 0 Å². The Morgan fingerprint density at radius 2 is 1.82 bits per heavy atom. The van der Waals surface area contributed by atoms with Gasteiger partial charge in [-0.25, -0.2) is 0 Å². The summed E-state index contributed by atoms with van der Waals surface area (Å²) >= 11 is 0. The molecule has 2 rings (SSSR count). The highest BCUT2D eigenvalue weighted by Crippen LogP contribution is 2.20. The van der Waals surface area contributed by atoms with Crippen LogP contribution in [0.5, 0.6) is 0 Å². The van der Waals surface area contributed by atoms with Crippen molar-refractivity contribution >= 4 is 0 Å². The molecule has 1 aromatic carbocycles. The van der Waals surface area contributed by atoms with Gasteiger partial charge in [0.05, 0.1) is 5.69 Å². The smallest absolute Gasteiger partial charge is 0.186 e. The highest BCUT2D eigenvalue weighted by Gasteiger charge is 2.09. The van der Waals surface area contributed by atoms with Crippen LogP contribution in [-0.2, 0) is 6.54 Å². The van der Waals surface area contributed by atoms with Crippen molar-refractivity contribution in [1.29, 1.82) is 0 Å². The van der Waals surface area contributed by atoms with E-state index in [0.29, 0.717) is 6.54 Å². The van der Waals surface area contributed by atoms with E-state index in [2.05, 4.69) is 48.9 Å². The van der Waals surface area contributed by atoms with Crippen molar-refractivity contribution in [3.8, 4) is 5.69 Å². The van der Waals surface area contributed by atoms with Gasteiger partial charge in [-0.2, -0.15) is 0 Å². The molecule has 3 heteroatoms. The molecule has 1 aromatic heterocycles. The Morgan fingerprint density at radius 1 is 1.14 bits per heavy atom. The lowest BCUT2D eigenvalue weighted by Crippen LogP contribution is -2.22. The molecular formula is C19H26N2O. The zero-order chi connectivity index (χ0) is 16.1. The van der Waals surface area contributed by atoms with Gasteiger partial charge in [-0.3, -0.25) is 4.79 Å². The Labute approximate surface area is 133 Å². The number of pyridine rings is 1. The molecule has 22 heavy (non-hydrogen) atoms. The average Bonchev–Trinajstić information content (AvgIpc) is 2.47. The maximum absolute atomic E-state index is 12.2. The van der Waals surface area contributed by atoms with Crippen LogP contribution in [0.25, 0.3) is 5.69 Å². The summed E-state index contributed by atoms with van der Waals surface area (Å²) in [6, 6.07) is 8.03. The van der Waals surface area contributed by atoms with Crippen molar-refractivity contribution in [1.82, 2.24) is 9.88 Å². The lowest BCUT2D eigenvalue weighted by Gasteiger charge is -2.17. The van der Waals surface area contributed by atoms with Crippen molar-refractivity contribution in [3.05, 3.63) is 63.1 Å². The number of hydrogen-bond acceptors (Lipinski definition) is 2. The van der Waals surface area contributed by atoms with E-state index in [1.807, 2.05) is 13.1 Å². The van der Waals surface area contributed by atoms with Crippen molar-refractivity contribution in [2.45, 2.75) is 47.1 Å². The third-order valence-electron chi connectivity index (χ3n) is 4.02. The zero-order valence-electron chi connectivity index (χ0n) is 14.1. The Hall–Kier alpha value is -1.87. The lowest BCUT2D eigenvalue weighted by molar-refractivity contribution is 0.636. The summed E-state index contributed by atoms with van der Waals surface area (Å²) in [5.41, 5.74) is 5.52. The second kappa shape index (κ2) is 7.41. The van der Waals surface area contributed by atoms with Crippen molar-refractivity contribution < 1.29 is 0 Å². The van der Waals surface area contributed by atoms with Gasteiger partial charge in [0.25, 0.3) is 0 Å². The predicted molar refractivity (Wildman–Crippen MR) is 92.9 cm³/mol. The molecule has 0 saturated carbocycles. The number of hydrogen-bond donors (Lipinski definition) is 1. The summed E-state index contributed by atoms with van der Waals surface area (Å²) in [5, 5.41) is 3.36. The van der Waals surface area contributed by atoms with Gasteiger partial charge in [-0.05, 0) is 44.9 Å². The maximum atomic E-state index is 12.2. The molecule has 0 aliphatic carbocycles. The first-order valence-electron chi connectivity index (χ1n) is 8.04. The third kappa shape index (κ3) is 3.66. The number of benzene rings is 1. The minimum Gasteiger partial charge on any atom is -0.320 e. The molecule has 0 amide bonds. The van der Waals surface area contributed by atoms with Gasteiger partial charge in [0, 0.05) is 30.1 Å². The van der Waals surface area contributed by atoms with E-state index in [-0.39, 0.29) is 5.43 Å². The quantitative estimate of drug-likeness (QED) is 0.826. The van der Waals surface area contributed by atoms with E-state index in [1.165, 1.54) is 16.8 Å². The molecule has 3 nitrogen and oxygen atoms in total.